The van der Waals surface area contributed by atoms with Gasteiger partial charge in [0.1, 0.15) is 6.04 Å². The summed E-state index contributed by atoms with van der Waals surface area (Å²) in [6.07, 6.45) is 5.04. The number of nitrogens with one attached hydrogen (secondary N) is 1. The molecule has 28 heavy (non-hydrogen) atoms. The molecule has 0 aromatic heterocycles. The lowest BCUT2D eigenvalue weighted by Gasteiger charge is -2.33. The fraction of sp³-hybridized carbons (Fsp3) is 0.571. The summed E-state index contributed by atoms with van der Waals surface area (Å²) in [7, 11) is 2.13. The van der Waals surface area contributed by atoms with Crippen LogP contribution in [-0.4, -0.2) is 52.7 Å². The highest BCUT2D eigenvalue weighted by molar-refractivity contribution is 6.05. The Morgan fingerprint density at radius 2 is 1.89 bits per heavy atom. The topological polar surface area (TPSA) is 95.7 Å². The van der Waals surface area contributed by atoms with Crippen LogP contribution in [0.3, 0.4) is 0 Å². The first kappa shape index (κ1) is 19.1. The van der Waals surface area contributed by atoms with Crippen LogP contribution in [0, 0.1) is 0 Å². The number of carbonyl (C=O) groups is 3. The van der Waals surface area contributed by atoms with Crippen LogP contribution >= 0.6 is 0 Å². The fourth-order valence-corrected chi connectivity index (χ4v) is 4.66. The van der Waals surface area contributed by atoms with Gasteiger partial charge in [-0.3, -0.25) is 24.6 Å². The standard InChI is InChI=1S/C21H28N4O3/c1-24(16-6-4-15(22)5-7-16)11-13-2-3-14-12-25(21(28)17(14)10-13)18-8-9-19(26)23-20(18)27/h2-3,10,15-16,18H,4-9,11-12,22H2,1H3,(H,23,26,27). The van der Waals surface area contributed by atoms with Crippen molar-refractivity contribution in [3.8, 4) is 0 Å². The second-order valence-electron chi connectivity index (χ2n) is 8.38. The summed E-state index contributed by atoms with van der Waals surface area (Å²) >= 11 is 0. The molecule has 1 saturated heterocycles. The fourth-order valence-electron chi connectivity index (χ4n) is 4.66. The molecule has 1 atom stereocenters. The van der Waals surface area contributed by atoms with Gasteiger partial charge >= 0.3 is 0 Å². The molecule has 1 aromatic rings. The third-order valence-electron chi connectivity index (χ3n) is 6.39. The van der Waals surface area contributed by atoms with E-state index in [4.69, 9.17) is 5.73 Å². The van der Waals surface area contributed by atoms with E-state index in [1.807, 2.05) is 12.1 Å². The molecule has 2 fully saturated rings. The van der Waals surface area contributed by atoms with Crippen molar-refractivity contribution in [3.63, 3.8) is 0 Å². The third-order valence-corrected chi connectivity index (χ3v) is 6.39. The molecule has 1 aliphatic carbocycles. The van der Waals surface area contributed by atoms with Crippen LogP contribution in [-0.2, 0) is 22.7 Å². The van der Waals surface area contributed by atoms with Gasteiger partial charge in [-0.25, -0.2) is 0 Å². The van der Waals surface area contributed by atoms with Crippen molar-refractivity contribution >= 4 is 17.7 Å². The van der Waals surface area contributed by atoms with Crippen molar-refractivity contribution in [2.45, 2.75) is 69.7 Å². The minimum atomic E-state index is -0.560. The molecule has 1 aromatic carbocycles. The summed E-state index contributed by atoms with van der Waals surface area (Å²) in [5, 5.41) is 2.34. The average Bonchev–Trinajstić information content (AvgIpc) is 2.98. The van der Waals surface area contributed by atoms with Crippen LogP contribution in [0.15, 0.2) is 18.2 Å². The van der Waals surface area contributed by atoms with Gasteiger partial charge in [0.05, 0.1) is 0 Å². The van der Waals surface area contributed by atoms with Gasteiger partial charge < -0.3 is 10.6 Å². The zero-order chi connectivity index (χ0) is 19.8. The van der Waals surface area contributed by atoms with Gasteiger partial charge in [0.15, 0.2) is 0 Å². The van der Waals surface area contributed by atoms with Gasteiger partial charge in [0.2, 0.25) is 11.8 Å². The number of hydrogen-bond donors (Lipinski definition) is 2. The van der Waals surface area contributed by atoms with E-state index in [1.54, 1.807) is 4.90 Å². The van der Waals surface area contributed by atoms with Gasteiger partial charge in [0, 0.05) is 37.2 Å². The summed E-state index contributed by atoms with van der Waals surface area (Å²) in [6.45, 7) is 1.22. The Labute approximate surface area is 165 Å². The Bertz CT molecular complexity index is 801. The Balaban J connectivity index is 1.44. The highest BCUT2D eigenvalue weighted by Crippen LogP contribution is 2.29. The summed E-state index contributed by atoms with van der Waals surface area (Å²) in [4.78, 5) is 40.4. The predicted octanol–water partition coefficient (Wildman–Crippen LogP) is 1.15. The average molecular weight is 384 g/mol. The minimum Gasteiger partial charge on any atom is -0.328 e. The number of hydrogen-bond acceptors (Lipinski definition) is 5. The van der Waals surface area contributed by atoms with E-state index in [-0.39, 0.29) is 24.1 Å². The summed E-state index contributed by atoms with van der Waals surface area (Å²) in [5.41, 5.74) is 8.75. The molecule has 4 rings (SSSR count). The molecule has 3 aliphatic rings. The third kappa shape index (κ3) is 3.69. The number of amides is 3. The van der Waals surface area contributed by atoms with E-state index >= 15 is 0 Å². The second kappa shape index (κ2) is 7.64. The Hall–Kier alpha value is -2.25. The Morgan fingerprint density at radius 1 is 1.14 bits per heavy atom. The molecule has 0 bridgehead atoms. The molecule has 2 heterocycles. The summed E-state index contributed by atoms with van der Waals surface area (Å²) in [5.74, 6) is -0.745. The number of nitrogens with zero attached hydrogens (tertiary/aromatic N) is 2. The SMILES string of the molecule is CN(Cc1ccc2c(c1)C(=O)N(C1CCC(=O)NC1=O)C2)C1CCC(N)CC1. The molecule has 1 saturated carbocycles. The smallest absolute Gasteiger partial charge is 0.255 e. The number of fused-ring (bicyclic) bond motifs is 1. The second-order valence-corrected chi connectivity index (χ2v) is 8.38. The first-order valence-electron chi connectivity index (χ1n) is 10.1. The molecule has 7 nitrogen and oxygen atoms in total. The van der Waals surface area contributed by atoms with Crippen molar-refractivity contribution in [1.82, 2.24) is 15.1 Å². The normalized spacial score (nSPS) is 27.9. The lowest BCUT2D eigenvalue weighted by atomic mass is 9.91. The van der Waals surface area contributed by atoms with E-state index < -0.39 is 6.04 Å². The highest BCUT2D eigenvalue weighted by atomic mass is 16.2. The Kier molecular flexibility index (Phi) is 5.21. The Morgan fingerprint density at radius 3 is 2.61 bits per heavy atom. The molecular formula is C21H28N4O3. The quantitative estimate of drug-likeness (QED) is 0.759. The first-order valence-corrected chi connectivity index (χ1v) is 10.1. The molecule has 150 valence electrons. The van der Waals surface area contributed by atoms with Crippen molar-refractivity contribution in [2.24, 2.45) is 5.73 Å². The maximum Gasteiger partial charge on any atom is 0.255 e. The molecule has 1 unspecified atom stereocenters. The number of nitrogens with two attached hydrogens (primary N) is 1. The molecule has 3 N–H and O–H groups in total. The number of rotatable bonds is 4. The number of benzene rings is 1. The van der Waals surface area contributed by atoms with Crippen LogP contribution in [0.1, 0.15) is 60.0 Å². The summed E-state index contributed by atoms with van der Waals surface area (Å²) < 4.78 is 0. The van der Waals surface area contributed by atoms with Gasteiger partial charge in [-0.1, -0.05) is 12.1 Å². The van der Waals surface area contributed by atoms with Crippen LogP contribution in [0.4, 0.5) is 0 Å². The number of carbonyl (C=O) groups excluding carboxylic acids is 3. The van der Waals surface area contributed by atoms with E-state index in [2.05, 4.69) is 23.3 Å². The monoisotopic (exact) mass is 384 g/mol. The van der Waals surface area contributed by atoms with Crippen LogP contribution < -0.4 is 11.1 Å². The predicted molar refractivity (Wildman–Crippen MR) is 104 cm³/mol. The summed E-state index contributed by atoms with van der Waals surface area (Å²) in [6, 6.07) is 6.35. The van der Waals surface area contributed by atoms with Gasteiger partial charge in [-0.2, -0.15) is 0 Å². The minimum absolute atomic E-state index is 0.113. The first-order chi connectivity index (χ1) is 13.4. The molecule has 0 radical (unpaired) electrons. The molecular weight excluding hydrogens is 356 g/mol. The van der Waals surface area contributed by atoms with Crippen LogP contribution in [0.25, 0.3) is 0 Å². The number of imide groups is 1. The molecule has 3 amide bonds. The largest absolute Gasteiger partial charge is 0.328 e. The van der Waals surface area contributed by atoms with Crippen molar-refractivity contribution < 1.29 is 14.4 Å². The van der Waals surface area contributed by atoms with E-state index in [0.29, 0.717) is 30.6 Å². The van der Waals surface area contributed by atoms with Crippen molar-refractivity contribution in [2.75, 3.05) is 7.05 Å². The maximum absolute atomic E-state index is 12.9. The van der Waals surface area contributed by atoms with E-state index in [0.717, 1.165) is 43.4 Å². The van der Waals surface area contributed by atoms with E-state index in [1.165, 1.54) is 0 Å². The molecule has 7 heteroatoms. The lowest BCUT2D eigenvalue weighted by molar-refractivity contribution is -0.136. The zero-order valence-corrected chi connectivity index (χ0v) is 16.3. The molecule has 0 spiro atoms. The van der Waals surface area contributed by atoms with Gasteiger partial charge in [-0.05, 0) is 56.3 Å². The van der Waals surface area contributed by atoms with Gasteiger partial charge in [-0.15, -0.1) is 0 Å². The van der Waals surface area contributed by atoms with Crippen LogP contribution in [0.2, 0.25) is 0 Å². The van der Waals surface area contributed by atoms with Crippen molar-refractivity contribution in [1.29, 1.82) is 0 Å². The van der Waals surface area contributed by atoms with Crippen molar-refractivity contribution in [3.05, 3.63) is 34.9 Å². The number of piperidine rings is 1. The zero-order valence-electron chi connectivity index (χ0n) is 16.3. The lowest BCUT2D eigenvalue weighted by Crippen LogP contribution is -2.52. The maximum atomic E-state index is 12.9. The van der Waals surface area contributed by atoms with Gasteiger partial charge in [0.25, 0.3) is 5.91 Å². The highest BCUT2D eigenvalue weighted by Gasteiger charge is 2.39. The van der Waals surface area contributed by atoms with Crippen LogP contribution in [0.5, 0.6) is 0 Å². The molecule has 2 aliphatic heterocycles. The van der Waals surface area contributed by atoms with E-state index in [9.17, 15) is 14.4 Å².